The van der Waals surface area contributed by atoms with Gasteiger partial charge in [-0.15, -0.1) is 0 Å². The lowest BCUT2D eigenvalue weighted by Crippen LogP contribution is -2.40. The number of carboxylic acids is 1. The van der Waals surface area contributed by atoms with Crippen molar-refractivity contribution < 1.29 is 9.90 Å². The number of carboxylic acid groups (broad SMARTS) is 1. The van der Waals surface area contributed by atoms with Crippen LogP contribution in [-0.4, -0.2) is 30.4 Å². The fraction of sp³-hybridized carbons (Fsp3) is 0.222. The summed E-state index contributed by atoms with van der Waals surface area (Å²) in [5.41, 5.74) is -3.43. The molecule has 2 rings (SSSR count). The summed E-state index contributed by atoms with van der Waals surface area (Å²) in [5.74, 6) is -1.55. The van der Waals surface area contributed by atoms with Gasteiger partial charge in [-0.3, -0.25) is 23.8 Å². The van der Waals surface area contributed by atoms with Gasteiger partial charge in [0, 0.05) is 14.1 Å². The molecule has 2 aromatic rings. The highest BCUT2D eigenvalue weighted by Gasteiger charge is 2.19. The van der Waals surface area contributed by atoms with E-state index in [2.05, 4.69) is 10.2 Å². The summed E-state index contributed by atoms with van der Waals surface area (Å²) in [5, 5.41) is 13.9. The molecule has 2 heterocycles. The van der Waals surface area contributed by atoms with Crippen LogP contribution in [0.4, 0.5) is 0 Å². The van der Waals surface area contributed by atoms with Gasteiger partial charge in [0.25, 0.3) is 5.56 Å². The van der Waals surface area contributed by atoms with Gasteiger partial charge in [0.05, 0.1) is 0 Å². The third-order valence-corrected chi connectivity index (χ3v) is 2.58. The van der Waals surface area contributed by atoms with Crippen molar-refractivity contribution >= 4 is 17.0 Å². The predicted octanol–water partition coefficient (Wildman–Crippen LogP) is -1.98. The van der Waals surface area contributed by atoms with Crippen LogP contribution >= 0.6 is 0 Å². The highest BCUT2D eigenvalue weighted by Crippen LogP contribution is 1.97. The molecule has 0 aliphatic carbocycles. The van der Waals surface area contributed by atoms with Gasteiger partial charge in [-0.25, -0.2) is 9.59 Å². The summed E-state index contributed by atoms with van der Waals surface area (Å²) in [4.78, 5) is 46.0. The van der Waals surface area contributed by atoms with Gasteiger partial charge in [-0.1, -0.05) is 0 Å². The fourth-order valence-electron chi connectivity index (χ4n) is 1.60. The number of nitrogens with zero attached hydrogens (tertiary/aromatic N) is 3. The van der Waals surface area contributed by atoms with Crippen molar-refractivity contribution in [2.24, 2.45) is 14.1 Å². The minimum Gasteiger partial charge on any atom is -0.476 e. The maximum Gasteiger partial charge on any atom is 0.360 e. The van der Waals surface area contributed by atoms with Crippen molar-refractivity contribution in [1.29, 1.82) is 0 Å². The molecule has 0 spiro atoms. The number of rotatable bonds is 1. The summed E-state index contributed by atoms with van der Waals surface area (Å²) in [6.07, 6.45) is 0. The molecule has 18 heavy (non-hydrogen) atoms. The first-order valence-corrected chi connectivity index (χ1v) is 4.78. The van der Waals surface area contributed by atoms with Crippen LogP contribution in [-0.2, 0) is 14.1 Å². The summed E-state index contributed by atoms with van der Waals surface area (Å²) in [6.45, 7) is 0. The van der Waals surface area contributed by atoms with Gasteiger partial charge in [0.15, 0.2) is 0 Å². The molecule has 0 aliphatic rings. The van der Waals surface area contributed by atoms with Crippen LogP contribution in [0.5, 0.6) is 0 Å². The maximum atomic E-state index is 11.8. The number of aromatic amines is 1. The van der Waals surface area contributed by atoms with Crippen LogP contribution in [0.3, 0.4) is 0 Å². The maximum absolute atomic E-state index is 11.8. The Morgan fingerprint density at radius 3 is 2.39 bits per heavy atom. The van der Waals surface area contributed by atoms with E-state index in [-0.39, 0.29) is 5.65 Å². The zero-order valence-electron chi connectivity index (χ0n) is 9.42. The quantitative estimate of drug-likeness (QED) is 0.605. The van der Waals surface area contributed by atoms with Crippen molar-refractivity contribution in [2.75, 3.05) is 0 Å². The van der Waals surface area contributed by atoms with E-state index in [4.69, 9.17) is 5.11 Å². The van der Waals surface area contributed by atoms with Crippen molar-refractivity contribution in [3.05, 3.63) is 36.8 Å². The number of aromatic carboxylic acids is 1. The number of aryl methyl sites for hydroxylation is 1. The molecule has 2 aromatic heterocycles. The van der Waals surface area contributed by atoms with Gasteiger partial charge < -0.3 is 5.11 Å². The Morgan fingerprint density at radius 2 is 1.83 bits per heavy atom. The number of H-pyrrole nitrogens is 1. The van der Waals surface area contributed by atoms with E-state index in [1.165, 1.54) is 14.1 Å². The SMILES string of the molecule is Cn1c(=O)c2c(=O)c(C(=O)O)n[nH]c2n(C)c1=O. The first-order chi connectivity index (χ1) is 8.36. The third kappa shape index (κ3) is 1.37. The summed E-state index contributed by atoms with van der Waals surface area (Å²) < 4.78 is 1.74. The zero-order valence-corrected chi connectivity index (χ0v) is 9.42. The molecule has 0 saturated carbocycles. The lowest BCUT2D eigenvalue weighted by Gasteiger charge is -2.06. The van der Waals surface area contributed by atoms with E-state index in [9.17, 15) is 19.2 Å². The van der Waals surface area contributed by atoms with E-state index in [1.54, 1.807) is 0 Å². The minimum atomic E-state index is -1.55. The molecule has 9 heteroatoms. The van der Waals surface area contributed by atoms with E-state index < -0.39 is 33.7 Å². The first-order valence-electron chi connectivity index (χ1n) is 4.78. The first kappa shape index (κ1) is 11.8. The second-order valence-corrected chi connectivity index (χ2v) is 3.64. The molecule has 0 amide bonds. The number of hydrogen-bond donors (Lipinski definition) is 2. The van der Waals surface area contributed by atoms with E-state index in [1.807, 2.05) is 0 Å². The number of hydrogen-bond acceptors (Lipinski definition) is 5. The van der Waals surface area contributed by atoms with E-state index in [0.29, 0.717) is 0 Å². The van der Waals surface area contributed by atoms with Crippen molar-refractivity contribution in [1.82, 2.24) is 19.3 Å². The molecular weight excluding hydrogens is 244 g/mol. The van der Waals surface area contributed by atoms with Crippen molar-refractivity contribution in [3.8, 4) is 0 Å². The highest BCUT2D eigenvalue weighted by atomic mass is 16.4. The third-order valence-electron chi connectivity index (χ3n) is 2.58. The number of nitrogens with one attached hydrogen (secondary N) is 1. The standard InChI is InChI=1S/C9H8N4O5/c1-12-6-3(7(15)13(2)9(12)18)5(14)4(8(16)17)10-11-6/h1-2H3,(H,11,14)(H,16,17). The fourth-order valence-corrected chi connectivity index (χ4v) is 1.60. The second-order valence-electron chi connectivity index (χ2n) is 3.64. The molecule has 2 N–H and O–H groups in total. The van der Waals surface area contributed by atoms with Crippen LogP contribution in [0, 0.1) is 0 Å². The predicted molar refractivity (Wildman–Crippen MR) is 59.8 cm³/mol. The van der Waals surface area contributed by atoms with Crippen LogP contribution in [0.1, 0.15) is 10.5 Å². The topological polar surface area (TPSA) is 127 Å². The summed E-state index contributed by atoms with van der Waals surface area (Å²) in [6, 6.07) is 0. The van der Waals surface area contributed by atoms with Gasteiger partial charge >= 0.3 is 11.7 Å². The summed E-state index contributed by atoms with van der Waals surface area (Å²) >= 11 is 0. The van der Waals surface area contributed by atoms with E-state index >= 15 is 0 Å². The van der Waals surface area contributed by atoms with Gasteiger partial charge in [0.1, 0.15) is 11.0 Å². The average molecular weight is 252 g/mol. The Kier molecular flexibility index (Phi) is 2.39. The molecule has 0 bridgehead atoms. The average Bonchev–Trinajstić information content (AvgIpc) is 2.32. The lowest BCUT2D eigenvalue weighted by molar-refractivity contribution is 0.0688. The Labute approximate surface area is 97.9 Å². The second kappa shape index (κ2) is 3.65. The number of aromatic nitrogens is 4. The van der Waals surface area contributed by atoms with Crippen molar-refractivity contribution in [2.45, 2.75) is 0 Å². The molecule has 0 aromatic carbocycles. The Morgan fingerprint density at radius 1 is 1.22 bits per heavy atom. The van der Waals surface area contributed by atoms with E-state index in [0.717, 1.165) is 9.13 Å². The molecule has 0 fully saturated rings. The van der Waals surface area contributed by atoms with Gasteiger partial charge in [-0.2, -0.15) is 5.10 Å². The Bertz CT molecular complexity index is 841. The van der Waals surface area contributed by atoms with Crippen LogP contribution < -0.4 is 16.7 Å². The lowest BCUT2D eigenvalue weighted by atomic mass is 10.3. The smallest absolute Gasteiger partial charge is 0.360 e. The van der Waals surface area contributed by atoms with Crippen LogP contribution in [0.15, 0.2) is 14.4 Å². The monoisotopic (exact) mass is 252 g/mol. The molecule has 0 atom stereocenters. The number of carbonyl (C=O) groups is 1. The molecule has 0 unspecified atom stereocenters. The largest absolute Gasteiger partial charge is 0.476 e. The normalized spacial score (nSPS) is 10.8. The molecule has 0 radical (unpaired) electrons. The summed E-state index contributed by atoms with van der Waals surface area (Å²) in [7, 11) is 2.53. The molecule has 9 nitrogen and oxygen atoms in total. The molecule has 0 saturated heterocycles. The van der Waals surface area contributed by atoms with Gasteiger partial charge in [0.2, 0.25) is 11.1 Å². The van der Waals surface area contributed by atoms with Crippen LogP contribution in [0.2, 0.25) is 0 Å². The Balaban J connectivity index is 3.19. The van der Waals surface area contributed by atoms with Crippen molar-refractivity contribution in [3.63, 3.8) is 0 Å². The molecule has 0 aliphatic heterocycles. The highest BCUT2D eigenvalue weighted by molar-refractivity contribution is 5.89. The molecular formula is C9H8N4O5. The van der Waals surface area contributed by atoms with Crippen LogP contribution in [0.25, 0.3) is 11.0 Å². The number of fused-ring (bicyclic) bond motifs is 1. The zero-order chi connectivity index (χ0) is 13.6. The minimum absolute atomic E-state index is 0.113. The van der Waals surface area contributed by atoms with Gasteiger partial charge in [-0.05, 0) is 0 Å². The molecule has 94 valence electrons. The Hall–Kier alpha value is -2.71.